The normalized spacial score (nSPS) is 15.6. The summed E-state index contributed by atoms with van der Waals surface area (Å²) in [5.74, 6) is 1.04. The quantitative estimate of drug-likeness (QED) is 0.842. The molecule has 1 aliphatic carbocycles. The summed E-state index contributed by atoms with van der Waals surface area (Å²) in [5.41, 5.74) is 4.11. The zero-order valence-corrected chi connectivity index (χ0v) is 13.0. The van der Waals surface area contributed by atoms with Crippen LogP contribution in [0.2, 0.25) is 0 Å². The van der Waals surface area contributed by atoms with Gasteiger partial charge < -0.3 is 10.1 Å². The first-order valence-corrected chi connectivity index (χ1v) is 7.33. The molecule has 2 nitrogen and oxygen atoms in total. The van der Waals surface area contributed by atoms with Gasteiger partial charge in [-0.1, -0.05) is 19.9 Å². The summed E-state index contributed by atoms with van der Waals surface area (Å²) in [4.78, 5) is 0. The Labute approximate surface area is 117 Å². The van der Waals surface area contributed by atoms with Crippen LogP contribution in [0.3, 0.4) is 0 Å². The molecule has 0 saturated heterocycles. The molecule has 0 heterocycles. The number of methoxy groups -OCH3 is 1. The fourth-order valence-electron chi connectivity index (χ4n) is 2.96. The molecule has 1 N–H and O–H groups in total. The van der Waals surface area contributed by atoms with E-state index in [1.807, 2.05) is 0 Å². The van der Waals surface area contributed by atoms with Gasteiger partial charge in [0.1, 0.15) is 5.75 Å². The smallest absolute Gasteiger partial charge is 0.123 e. The highest BCUT2D eigenvalue weighted by Gasteiger charge is 2.27. The van der Waals surface area contributed by atoms with Crippen molar-refractivity contribution in [1.82, 2.24) is 5.32 Å². The third-order valence-corrected chi connectivity index (χ3v) is 4.10. The van der Waals surface area contributed by atoms with E-state index in [2.05, 4.69) is 45.1 Å². The van der Waals surface area contributed by atoms with Gasteiger partial charge in [0.2, 0.25) is 0 Å². The molecule has 0 unspecified atom stereocenters. The van der Waals surface area contributed by atoms with Crippen LogP contribution in [0.25, 0.3) is 0 Å². The van der Waals surface area contributed by atoms with Gasteiger partial charge in [0.05, 0.1) is 7.11 Å². The van der Waals surface area contributed by atoms with Crippen LogP contribution in [0.4, 0.5) is 0 Å². The van der Waals surface area contributed by atoms with Crippen molar-refractivity contribution < 1.29 is 4.74 Å². The first-order valence-electron chi connectivity index (χ1n) is 7.33. The van der Waals surface area contributed by atoms with Gasteiger partial charge in [-0.2, -0.15) is 0 Å². The lowest BCUT2D eigenvalue weighted by Gasteiger charge is -2.29. The van der Waals surface area contributed by atoms with Crippen molar-refractivity contribution in [3.63, 3.8) is 0 Å². The summed E-state index contributed by atoms with van der Waals surface area (Å²) in [5, 5.41) is 3.61. The molecule has 0 radical (unpaired) electrons. The number of ether oxygens (including phenoxy) is 1. The Morgan fingerprint density at radius 2 is 1.95 bits per heavy atom. The van der Waals surface area contributed by atoms with Crippen LogP contribution in [-0.2, 0) is 5.41 Å². The Morgan fingerprint density at radius 3 is 2.53 bits per heavy atom. The van der Waals surface area contributed by atoms with E-state index in [1.165, 1.54) is 29.5 Å². The molecule has 1 fully saturated rings. The minimum Gasteiger partial charge on any atom is -0.496 e. The molecule has 0 spiro atoms. The Morgan fingerprint density at radius 1 is 1.26 bits per heavy atom. The lowest BCUT2D eigenvalue weighted by atomic mass is 9.78. The fourth-order valence-corrected chi connectivity index (χ4v) is 2.96. The van der Waals surface area contributed by atoms with Crippen molar-refractivity contribution in [2.45, 2.75) is 58.4 Å². The lowest BCUT2D eigenvalue weighted by molar-refractivity contribution is 0.380. The molecular weight excluding hydrogens is 234 g/mol. The predicted octanol–water partition coefficient (Wildman–Crippen LogP) is 3.73. The van der Waals surface area contributed by atoms with Crippen LogP contribution in [0, 0.1) is 13.8 Å². The zero-order chi connectivity index (χ0) is 14.0. The molecule has 2 rings (SSSR count). The summed E-state index contributed by atoms with van der Waals surface area (Å²) < 4.78 is 5.61. The molecule has 19 heavy (non-hydrogen) atoms. The van der Waals surface area contributed by atoms with Crippen LogP contribution in [0.15, 0.2) is 12.1 Å². The Bertz CT molecular complexity index is 447. The van der Waals surface area contributed by atoms with Crippen molar-refractivity contribution in [3.8, 4) is 5.75 Å². The number of benzene rings is 1. The van der Waals surface area contributed by atoms with Crippen molar-refractivity contribution in [2.24, 2.45) is 0 Å². The molecule has 0 aliphatic heterocycles. The molecule has 0 aromatic heterocycles. The molecule has 0 amide bonds. The second kappa shape index (κ2) is 5.54. The highest BCUT2D eigenvalue weighted by molar-refractivity contribution is 5.47. The molecule has 106 valence electrons. The van der Waals surface area contributed by atoms with Crippen LogP contribution >= 0.6 is 0 Å². The molecule has 1 aromatic carbocycles. The maximum Gasteiger partial charge on any atom is 0.123 e. The van der Waals surface area contributed by atoms with Crippen molar-refractivity contribution >= 4 is 0 Å². The van der Waals surface area contributed by atoms with E-state index in [0.29, 0.717) is 0 Å². The van der Waals surface area contributed by atoms with Crippen LogP contribution < -0.4 is 10.1 Å². The highest BCUT2D eigenvalue weighted by Crippen LogP contribution is 2.37. The average molecular weight is 261 g/mol. The van der Waals surface area contributed by atoms with Crippen molar-refractivity contribution in [1.29, 1.82) is 0 Å². The lowest BCUT2D eigenvalue weighted by Crippen LogP contribution is -2.27. The van der Waals surface area contributed by atoms with Gasteiger partial charge in [-0.15, -0.1) is 0 Å². The maximum atomic E-state index is 5.61. The second-order valence-corrected chi connectivity index (χ2v) is 6.52. The Kier molecular flexibility index (Phi) is 4.19. The second-order valence-electron chi connectivity index (χ2n) is 6.52. The molecule has 1 aromatic rings. The summed E-state index contributed by atoms with van der Waals surface area (Å²) in [6.45, 7) is 10.1. The van der Waals surface area contributed by atoms with Gasteiger partial charge in [0, 0.05) is 11.6 Å². The number of hydrogen-bond donors (Lipinski definition) is 1. The van der Waals surface area contributed by atoms with E-state index in [0.717, 1.165) is 24.8 Å². The standard InChI is InChI=1S/C17H27NO/c1-12-10-13(2)16(15(11-12)19-5)17(3,4)8-9-18-14-6-7-14/h10-11,14,18H,6-9H2,1-5H3. The number of rotatable bonds is 6. The summed E-state index contributed by atoms with van der Waals surface area (Å²) >= 11 is 0. The monoisotopic (exact) mass is 261 g/mol. The van der Waals surface area contributed by atoms with E-state index in [9.17, 15) is 0 Å². The van der Waals surface area contributed by atoms with Gasteiger partial charge >= 0.3 is 0 Å². The Hall–Kier alpha value is -1.02. The largest absolute Gasteiger partial charge is 0.496 e. The Balaban J connectivity index is 2.16. The molecular formula is C17H27NO. The van der Waals surface area contributed by atoms with Gasteiger partial charge in [-0.3, -0.25) is 0 Å². The third-order valence-electron chi connectivity index (χ3n) is 4.10. The van der Waals surface area contributed by atoms with Gasteiger partial charge in [-0.25, -0.2) is 0 Å². The van der Waals surface area contributed by atoms with Gasteiger partial charge in [0.25, 0.3) is 0 Å². The molecule has 2 heteroatoms. The topological polar surface area (TPSA) is 21.3 Å². The summed E-state index contributed by atoms with van der Waals surface area (Å²) in [7, 11) is 1.77. The van der Waals surface area contributed by atoms with E-state index in [1.54, 1.807) is 7.11 Å². The number of nitrogens with one attached hydrogen (secondary N) is 1. The third kappa shape index (κ3) is 3.50. The minimum atomic E-state index is 0.144. The molecule has 1 aliphatic rings. The number of aryl methyl sites for hydroxylation is 2. The van der Waals surface area contributed by atoms with E-state index < -0.39 is 0 Å². The minimum absolute atomic E-state index is 0.144. The molecule has 1 saturated carbocycles. The first kappa shape index (κ1) is 14.4. The fraction of sp³-hybridized carbons (Fsp3) is 0.647. The maximum absolute atomic E-state index is 5.61. The van der Waals surface area contributed by atoms with Crippen LogP contribution in [0.5, 0.6) is 5.75 Å². The predicted molar refractivity (Wildman–Crippen MR) is 81.1 cm³/mol. The summed E-state index contributed by atoms with van der Waals surface area (Å²) in [6, 6.07) is 5.20. The van der Waals surface area contributed by atoms with E-state index in [4.69, 9.17) is 4.74 Å². The van der Waals surface area contributed by atoms with Crippen molar-refractivity contribution in [3.05, 3.63) is 28.8 Å². The molecule has 0 bridgehead atoms. The number of hydrogen-bond acceptors (Lipinski definition) is 2. The van der Waals surface area contributed by atoms with Gasteiger partial charge in [0.15, 0.2) is 0 Å². The van der Waals surface area contributed by atoms with Crippen LogP contribution in [0.1, 0.15) is 49.8 Å². The SMILES string of the molecule is COc1cc(C)cc(C)c1C(C)(C)CCNC1CC1. The summed E-state index contributed by atoms with van der Waals surface area (Å²) in [6.07, 6.45) is 3.85. The van der Waals surface area contributed by atoms with Gasteiger partial charge in [-0.05, 0) is 62.3 Å². The highest BCUT2D eigenvalue weighted by atomic mass is 16.5. The molecule has 0 atom stereocenters. The van der Waals surface area contributed by atoms with Crippen molar-refractivity contribution in [2.75, 3.05) is 13.7 Å². The van der Waals surface area contributed by atoms with E-state index >= 15 is 0 Å². The van der Waals surface area contributed by atoms with Crippen LogP contribution in [-0.4, -0.2) is 19.7 Å². The average Bonchev–Trinajstić information content (AvgIpc) is 3.11. The zero-order valence-electron chi connectivity index (χ0n) is 13.0. The first-order chi connectivity index (χ1) is 8.94. The van der Waals surface area contributed by atoms with E-state index in [-0.39, 0.29) is 5.41 Å².